The SMILES string of the molecule is Cc1ccccc1/C=C/C1CCCCC(=O)N1. The highest BCUT2D eigenvalue weighted by Crippen LogP contribution is 2.13. The molecule has 0 aliphatic carbocycles. The first-order valence-electron chi connectivity index (χ1n) is 6.29. The largest absolute Gasteiger partial charge is 0.350 e. The first kappa shape index (κ1) is 11.9. The maximum absolute atomic E-state index is 11.4. The van der Waals surface area contributed by atoms with E-state index in [4.69, 9.17) is 0 Å². The zero-order valence-corrected chi connectivity index (χ0v) is 10.3. The lowest BCUT2D eigenvalue weighted by atomic mass is 10.1. The highest BCUT2D eigenvalue weighted by atomic mass is 16.1. The van der Waals surface area contributed by atoms with Gasteiger partial charge in [0.15, 0.2) is 0 Å². The van der Waals surface area contributed by atoms with Crippen molar-refractivity contribution in [3.05, 3.63) is 41.5 Å². The minimum atomic E-state index is 0.182. The van der Waals surface area contributed by atoms with E-state index in [9.17, 15) is 4.79 Å². The van der Waals surface area contributed by atoms with Gasteiger partial charge in [-0.15, -0.1) is 0 Å². The van der Waals surface area contributed by atoms with Crippen molar-refractivity contribution in [3.8, 4) is 0 Å². The Morgan fingerprint density at radius 1 is 1.29 bits per heavy atom. The van der Waals surface area contributed by atoms with Gasteiger partial charge in [-0.3, -0.25) is 4.79 Å². The summed E-state index contributed by atoms with van der Waals surface area (Å²) >= 11 is 0. The van der Waals surface area contributed by atoms with Crippen LogP contribution in [-0.2, 0) is 4.79 Å². The van der Waals surface area contributed by atoms with Gasteiger partial charge < -0.3 is 5.32 Å². The fourth-order valence-corrected chi connectivity index (χ4v) is 2.14. The van der Waals surface area contributed by atoms with Gasteiger partial charge in [-0.05, 0) is 30.9 Å². The van der Waals surface area contributed by atoms with Gasteiger partial charge in [0.2, 0.25) is 5.91 Å². The number of amides is 1. The normalized spacial score (nSPS) is 21.2. The van der Waals surface area contributed by atoms with Crippen LogP contribution in [0.4, 0.5) is 0 Å². The Morgan fingerprint density at radius 3 is 2.94 bits per heavy atom. The van der Waals surface area contributed by atoms with Crippen LogP contribution in [-0.4, -0.2) is 11.9 Å². The Bertz CT molecular complexity index is 423. The maximum Gasteiger partial charge on any atom is 0.220 e. The molecule has 1 aromatic carbocycles. The highest BCUT2D eigenvalue weighted by molar-refractivity contribution is 5.76. The molecule has 1 N–H and O–H groups in total. The molecule has 2 rings (SSSR count). The third-order valence-corrected chi connectivity index (χ3v) is 3.21. The molecule has 1 atom stereocenters. The Morgan fingerprint density at radius 2 is 2.12 bits per heavy atom. The summed E-state index contributed by atoms with van der Waals surface area (Å²) in [6.07, 6.45) is 8.10. The minimum Gasteiger partial charge on any atom is -0.350 e. The van der Waals surface area contributed by atoms with Gasteiger partial charge in [0.1, 0.15) is 0 Å². The smallest absolute Gasteiger partial charge is 0.220 e. The number of hydrogen-bond donors (Lipinski definition) is 1. The van der Waals surface area contributed by atoms with Crippen LogP contribution < -0.4 is 5.32 Å². The van der Waals surface area contributed by atoms with Gasteiger partial charge >= 0.3 is 0 Å². The first-order valence-corrected chi connectivity index (χ1v) is 6.29. The van der Waals surface area contributed by atoms with E-state index >= 15 is 0 Å². The molecule has 1 fully saturated rings. The molecule has 0 radical (unpaired) electrons. The molecule has 0 aromatic heterocycles. The zero-order valence-electron chi connectivity index (χ0n) is 10.3. The van der Waals surface area contributed by atoms with Crippen molar-refractivity contribution in [2.24, 2.45) is 0 Å². The fraction of sp³-hybridized carbons (Fsp3) is 0.400. The van der Waals surface area contributed by atoms with Crippen molar-refractivity contribution in [1.29, 1.82) is 0 Å². The summed E-state index contributed by atoms with van der Waals surface area (Å²) in [7, 11) is 0. The zero-order chi connectivity index (χ0) is 12.1. The molecule has 17 heavy (non-hydrogen) atoms. The second-order valence-electron chi connectivity index (χ2n) is 4.64. The average Bonchev–Trinajstić information content (AvgIpc) is 2.53. The van der Waals surface area contributed by atoms with E-state index in [1.165, 1.54) is 11.1 Å². The molecule has 1 saturated heterocycles. The molecular weight excluding hydrogens is 210 g/mol. The number of carbonyl (C=O) groups excluding carboxylic acids is 1. The molecule has 90 valence electrons. The topological polar surface area (TPSA) is 29.1 Å². The molecule has 1 unspecified atom stereocenters. The Labute approximate surface area is 103 Å². The van der Waals surface area contributed by atoms with E-state index in [0.717, 1.165) is 19.3 Å². The van der Waals surface area contributed by atoms with Gasteiger partial charge in [-0.1, -0.05) is 42.8 Å². The monoisotopic (exact) mass is 229 g/mol. The van der Waals surface area contributed by atoms with Gasteiger partial charge in [0.25, 0.3) is 0 Å². The highest BCUT2D eigenvalue weighted by Gasteiger charge is 2.13. The molecule has 1 aromatic rings. The number of benzene rings is 1. The van der Waals surface area contributed by atoms with Crippen molar-refractivity contribution in [3.63, 3.8) is 0 Å². The summed E-state index contributed by atoms with van der Waals surface area (Å²) in [5.41, 5.74) is 2.50. The molecule has 1 aliphatic rings. The lowest BCUT2D eigenvalue weighted by Crippen LogP contribution is -2.30. The quantitative estimate of drug-likeness (QED) is 0.829. The maximum atomic E-state index is 11.4. The van der Waals surface area contributed by atoms with Crippen LogP contribution in [0, 0.1) is 6.92 Å². The lowest BCUT2D eigenvalue weighted by molar-refractivity contribution is -0.121. The molecule has 0 spiro atoms. The summed E-state index contributed by atoms with van der Waals surface area (Å²) in [5, 5.41) is 3.04. The molecule has 1 aliphatic heterocycles. The second-order valence-corrected chi connectivity index (χ2v) is 4.64. The van der Waals surface area contributed by atoms with E-state index in [2.05, 4.69) is 36.5 Å². The van der Waals surface area contributed by atoms with Crippen LogP contribution in [0.1, 0.15) is 36.8 Å². The van der Waals surface area contributed by atoms with E-state index in [-0.39, 0.29) is 11.9 Å². The fourth-order valence-electron chi connectivity index (χ4n) is 2.14. The summed E-state index contributed by atoms with van der Waals surface area (Å²) in [4.78, 5) is 11.4. The lowest BCUT2D eigenvalue weighted by Gasteiger charge is -2.10. The number of aryl methyl sites for hydroxylation is 1. The number of hydrogen-bond acceptors (Lipinski definition) is 1. The average molecular weight is 229 g/mol. The summed E-state index contributed by atoms with van der Waals surface area (Å²) in [6, 6.07) is 8.48. The van der Waals surface area contributed by atoms with Gasteiger partial charge in [0, 0.05) is 12.5 Å². The van der Waals surface area contributed by atoms with Gasteiger partial charge in [0.05, 0.1) is 0 Å². The van der Waals surface area contributed by atoms with Crippen molar-refractivity contribution in [2.45, 2.75) is 38.6 Å². The van der Waals surface area contributed by atoms with Crippen molar-refractivity contribution >= 4 is 12.0 Å². The van der Waals surface area contributed by atoms with Crippen molar-refractivity contribution in [1.82, 2.24) is 5.32 Å². The second kappa shape index (κ2) is 5.67. The molecule has 2 heteroatoms. The van der Waals surface area contributed by atoms with Crippen LogP contribution in [0.3, 0.4) is 0 Å². The van der Waals surface area contributed by atoms with Crippen LogP contribution >= 0.6 is 0 Å². The molecule has 2 nitrogen and oxygen atoms in total. The van der Waals surface area contributed by atoms with Crippen molar-refractivity contribution < 1.29 is 4.79 Å². The van der Waals surface area contributed by atoms with E-state index in [1.807, 2.05) is 12.1 Å². The number of nitrogens with one attached hydrogen (secondary N) is 1. The van der Waals surface area contributed by atoms with E-state index in [0.29, 0.717) is 6.42 Å². The summed E-state index contributed by atoms with van der Waals surface area (Å²) < 4.78 is 0. The van der Waals surface area contributed by atoms with Crippen LogP contribution in [0.2, 0.25) is 0 Å². The van der Waals surface area contributed by atoms with E-state index < -0.39 is 0 Å². The first-order chi connectivity index (χ1) is 8.25. The standard InChI is InChI=1S/C15H19NO/c1-12-6-2-3-7-13(12)10-11-14-8-4-5-9-15(17)16-14/h2-3,6-7,10-11,14H,4-5,8-9H2,1H3,(H,16,17)/b11-10+. The molecule has 0 bridgehead atoms. The van der Waals surface area contributed by atoms with Gasteiger partial charge in [-0.2, -0.15) is 0 Å². The Balaban J connectivity index is 2.04. The van der Waals surface area contributed by atoms with E-state index in [1.54, 1.807) is 0 Å². The molecule has 1 heterocycles. The molecular formula is C15H19NO. The van der Waals surface area contributed by atoms with Crippen LogP contribution in [0.5, 0.6) is 0 Å². The van der Waals surface area contributed by atoms with Crippen LogP contribution in [0.25, 0.3) is 6.08 Å². The van der Waals surface area contributed by atoms with Gasteiger partial charge in [-0.25, -0.2) is 0 Å². The third kappa shape index (κ3) is 3.45. The predicted octanol–water partition coefficient (Wildman–Crippen LogP) is 3.07. The molecule has 0 saturated carbocycles. The Kier molecular flexibility index (Phi) is 3.97. The van der Waals surface area contributed by atoms with Crippen LogP contribution in [0.15, 0.2) is 30.3 Å². The number of rotatable bonds is 2. The number of carbonyl (C=O) groups is 1. The van der Waals surface area contributed by atoms with Crippen molar-refractivity contribution in [2.75, 3.05) is 0 Å². The molecule has 1 amide bonds. The Hall–Kier alpha value is -1.57. The minimum absolute atomic E-state index is 0.182. The third-order valence-electron chi connectivity index (χ3n) is 3.21. The predicted molar refractivity (Wildman–Crippen MR) is 70.6 cm³/mol. The summed E-state index contributed by atoms with van der Waals surface area (Å²) in [5.74, 6) is 0.182. The summed E-state index contributed by atoms with van der Waals surface area (Å²) in [6.45, 7) is 2.10.